The van der Waals surface area contributed by atoms with E-state index in [1.807, 2.05) is 37.7 Å². The van der Waals surface area contributed by atoms with Crippen molar-refractivity contribution >= 4 is 0 Å². The molecule has 0 aliphatic carbocycles. The maximum atomic E-state index is 10.2. The second kappa shape index (κ2) is 5.00. The van der Waals surface area contributed by atoms with Gasteiger partial charge in [0, 0.05) is 18.7 Å². The molecule has 3 nitrogen and oxygen atoms in total. The molecule has 3 heteroatoms. The second-order valence-electron chi connectivity index (χ2n) is 5.23. The van der Waals surface area contributed by atoms with E-state index in [4.69, 9.17) is 0 Å². The SMILES string of the molecule is CCC(C)n1ccc(CC(C)(O)C(C)C)n1. The Morgan fingerprint density at radius 1 is 1.44 bits per heavy atom. The summed E-state index contributed by atoms with van der Waals surface area (Å²) >= 11 is 0. The Bertz CT molecular complexity index is 328. The van der Waals surface area contributed by atoms with Crippen molar-refractivity contribution in [2.75, 3.05) is 0 Å². The number of nitrogens with zero attached hydrogens (tertiary/aromatic N) is 2. The van der Waals surface area contributed by atoms with Crippen LogP contribution in [0.25, 0.3) is 0 Å². The van der Waals surface area contributed by atoms with E-state index in [2.05, 4.69) is 18.9 Å². The lowest BCUT2D eigenvalue weighted by Crippen LogP contribution is -2.33. The van der Waals surface area contributed by atoms with Crippen LogP contribution in [-0.4, -0.2) is 20.5 Å². The standard InChI is InChI=1S/C13H24N2O/c1-6-11(4)15-8-7-12(14-15)9-13(5,16)10(2)3/h7-8,10-11,16H,6,9H2,1-5H3. The first-order valence-electron chi connectivity index (χ1n) is 6.13. The number of rotatable bonds is 5. The van der Waals surface area contributed by atoms with Gasteiger partial charge in [-0.25, -0.2) is 0 Å². The monoisotopic (exact) mass is 224 g/mol. The molecule has 0 saturated heterocycles. The molecule has 0 saturated carbocycles. The minimum Gasteiger partial charge on any atom is -0.390 e. The lowest BCUT2D eigenvalue weighted by molar-refractivity contribution is 0.0129. The average Bonchev–Trinajstić information content (AvgIpc) is 2.64. The van der Waals surface area contributed by atoms with Gasteiger partial charge in [-0.2, -0.15) is 5.10 Å². The predicted molar refractivity (Wildman–Crippen MR) is 66.4 cm³/mol. The molecule has 1 heterocycles. The molecular formula is C13H24N2O. The summed E-state index contributed by atoms with van der Waals surface area (Å²) in [7, 11) is 0. The third kappa shape index (κ3) is 3.08. The Morgan fingerprint density at radius 2 is 2.06 bits per heavy atom. The fraction of sp³-hybridized carbons (Fsp3) is 0.769. The molecule has 1 aromatic rings. The van der Waals surface area contributed by atoms with E-state index in [1.54, 1.807) is 0 Å². The van der Waals surface area contributed by atoms with Gasteiger partial charge >= 0.3 is 0 Å². The predicted octanol–water partition coefficient (Wildman–Crippen LogP) is 2.80. The summed E-state index contributed by atoms with van der Waals surface area (Å²) < 4.78 is 1.98. The molecule has 1 N–H and O–H groups in total. The Morgan fingerprint density at radius 3 is 2.56 bits per heavy atom. The molecule has 2 atom stereocenters. The quantitative estimate of drug-likeness (QED) is 0.835. The molecule has 0 aliphatic rings. The molecule has 0 bridgehead atoms. The van der Waals surface area contributed by atoms with E-state index in [0.717, 1.165) is 12.1 Å². The molecule has 92 valence electrons. The van der Waals surface area contributed by atoms with Crippen LogP contribution in [0.1, 0.15) is 52.8 Å². The van der Waals surface area contributed by atoms with Gasteiger partial charge in [0.2, 0.25) is 0 Å². The summed E-state index contributed by atoms with van der Waals surface area (Å²) in [6.45, 7) is 10.2. The zero-order valence-electron chi connectivity index (χ0n) is 11.1. The highest BCUT2D eigenvalue weighted by atomic mass is 16.3. The number of aromatic nitrogens is 2. The first-order valence-corrected chi connectivity index (χ1v) is 6.13. The maximum Gasteiger partial charge on any atom is 0.0698 e. The molecule has 1 rings (SSSR count). The van der Waals surface area contributed by atoms with Crippen LogP contribution in [0.15, 0.2) is 12.3 Å². The zero-order valence-corrected chi connectivity index (χ0v) is 11.1. The van der Waals surface area contributed by atoms with Gasteiger partial charge in [-0.1, -0.05) is 20.8 Å². The van der Waals surface area contributed by atoms with Crippen LogP contribution in [0.3, 0.4) is 0 Å². The van der Waals surface area contributed by atoms with Crippen LogP contribution in [0, 0.1) is 5.92 Å². The molecular weight excluding hydrogens is 200 g/mol. The molecule has 0 aliphatic heterocycles. The first kappa shape index (κ1) is 13.2. The fourth-order valence-electron chi connectivity index (χ4n) is 1.48. The van der Waals surface area contributed by atoms with Crippen molar-refractivity contribution < 1.29 is 5.11 Å². The van der Waals surface area contributed by atoms with Crippen molar-refractivity contribution in [3.8, 4) is 0 Å². The van der Waals surface area contributed by atoms with Crippen LogP contribution in [0.2, 0.25) is 0 Å². The number of hydrogen-bond donors (Lipinski definition) is 1. The molecule has 0 spiro atoms. The highest BCUT2D eigenvalue weighted by Crippen LogP contribution is 2.21. The second-order valence-corrected chi connectivity index (χ2v) is 5.23. The van der Waals surface area contributed by atoms with E-state index < -0.39 is 5.60 Å². The van der Waals surface area contributed by atoms with Gasteiger partial charge in [-0.15, -0.1) is 0 Å². The molecule has 0 fully saturated rings. The van der Waals surface area contributed by atoms with Crippen LogP contribution < -0.4 is 0 Å². The van der Waals surface area contributed by atoms with E-state index in [-0.39, 0.29) is 5.92 Å². The van der Waals surface area contributed by atoms with E-state index >= 15 is 0 Å². The highest BCUT2D eigenvalue weighted by molar-refractivity contribution is 5.04. The molecule has 0 radical (unpaired) electrons. The van der Waals surface area contributed by atoms with Gasteiger partial charge in [0.1, 0.15) is 0 Å². The Labute approximate surface area is 98.5 Å². The molecule has 0 aromatic carbocycles. The van der Waals surface area contributed by atoms with Crippen molar-refractivity contribution in [3.05, 3.63) is 18.0 Å². The zero-order chi connectivity index (χ0) is 12.3. The smallest absolute Gasteiger partial charge is 0.0698 e. The molecule has 2 unspecified atom stereocenters. The van der Waals surface area contributed by atoms with Gasteiger partial charge in [-0.3, -0.25) is 4.68 Å². The minimum atomic E-state index is -0.672. The lowest BCUT2D eigenvalue weighted by atomic mass is 9.88. The van der Waals surface area contributed by atoms with Crippen molar-refractivity contribution in [1.29, 1.82) is 0 Å². The summed E-state index contributed by atoms with van der Waals surface area (Å²) in [6, 6.07) is 2.43. The van der Waals surface area contributed by atoms with E-state index in [0.29, 0.717) is 12.5 Å². The minimum absolute atomic E-state index is 0.237. The molecule has 1 aromatic heterocycles. The van der Waals surface area contributed by atoms with Gasteiger partial charge in [0.15, 0.2) is 0 Å². The third-order valence-corrected chi connectivity index (χ3v) is 3.49. The van der Waals surface area contributed by atoms with Crippen LogP contribution in [-0.2, 0) is 6.42 Å². The van der Waals surface area contributed by atoms with Crippen molar-refractivity contribution in [2.24, 2.45) is 5.92 Å². The van der Waals surface area contributed by atoms with Gasteiger partial charge in [-0.05, 0) is 32.3 Å². The fourth-order valence-corrected chi connectivity index (χ4v) is 1.48. The Balaban J connectivity index is 2.72. The van der Waals surface area contributed by atoms with Crippen molar-refractivity contribution in [3.63, 3.8) is 0 Å². The molecule has 0 amide bonds. The summed E-state index contributed by atoms with van der Waals surface area (Å²) in [5.41, 5.74) is 0.299. The van der Waals surface area contributed by atoms with Crippen molar-refractivity contribution in [2.45, 2.75) is 59.1 Å². The maximum absolute atomic E-state index is 10.2. The van der Waals surface area contributed by atoms with E-state index in [9.17, 15) is 5.11 Å². The van der Waals surface area contributed by atoms with Crippen molar-refractivity contribution in [1.82, 2.24) is 9.78 Å². The number of hydrogen-bond acceptors (Lipinski definition) is 2. The summed E-state index contributed by atoms with van der Waals surface area (Å²) in [5, 5.41) is 14.7. The average molecular weight is 224 g/mol. The van der Waals surface area contributed by atoms with Gasteiger partial charge < -0.3 is 5.11 Å². The lowest BCUT2D eigenvalue weighted by Gasteiger charge is -2.26. The summed E-state index contributed by atoms with van der Waals surface area (Å²) in [4.78, 5) is 0. The normalized spacial score (nSPS) is 17.4. The van der Waals surface area contributed by atoms with Gasteiger partial charge in [0.05, 0.1) is 11.3 Å². The number of aliphatic hydroxyl groups is 1. The summed E-state index contributed by atoms with van der Waals surface area (Å²) in [6.07, 6.45) is 3.69. The Kier molecular flexibility index (Phi) is 4.14. The first-order chi connectivity index (χ1) is 7.36. The van der Waals surface area contributed by atoms with Crippen LogP contribution >= 0.6 is 0 Å². The largest absolute Gasteiger partial charge is 0.390 e. The highest BCUT2D eigenvalue weighted by Gasteiger charge is 2.26. The Hall–Kier alpha value is -0.830. The molecule has 16 heavy (non-hydrogen) atoms. The summed E-state index contributed by atoms with van der Waals surface area (Å²) in [5.74, 6) is 0.237. The van der Waals surface area contributed by atoms with Gasteiger partial charge in [0.25, 0.3) is 0 Å². The third-order valence-electron chi connectivity index (χ3n) is 3.49. The van der Waals surface area contributed by atoms with Crippen LogP contribution in [0.5, 0.6) is 0 Å². The van der Waals surface area contributed by atoms with Crippen LogP contribution in [0.4, 0.5) is 0 Å². The van der Waals surface area contributed by atoms with E-state index in [1.165, 1.54) is 0 Å². The topological polar surface area (TPSA) is 38.0 Å².